The highest BCUT2D eigenvalue weighted by molar-refractivity contribution is 5.73. The number of carbonyl (C=O) groups is 1. The molecule has 0 saturated carbocycles. The maximum Gasteiger partial charge on any atom is 0.314 e. The molecule has 1 rings (SSSR count). The summed E-state index contributed by atoms with van der Waals surface area (Å²) in [5, 5.41) is 5.63. The second-order valence-electron chi connectivity index (χ2n) is 3.86. The monoisotopic (exact) mass is 220 g/mol. The molecule has 2 N–H and O–H groups in total. The molecule has 16 heavy (non-hydrogen) atoms. The molecule has 2 amide bonds. The summed E-state index contributed by atoms with van der Waals surface area (Å²) in [5.74, 6) is 0. The summed E-state index contributed by atoms with van der Waals surface area (Å²) in [6.45, 7) is 5.54. The summed E-state index contributed by atoms with van der Waals surface area (Å²) in [6, 6.07) is 8.17. The van der Waals surface area contributed by atoms with Gasteiger partial charge in [-0.05, 0) is 30.9 Å². The van der Waals surface area contributed by atoms with E-state index in [-0.39, 0.29) is 6.03 Å². The molecule has 0 radical (unpaired) electrons. The molecule has 0 saturated heterocycles. The van der Waals surface area contributed by atoms with Gasteiger partial charge in [0.15, 0.2) is 0 Å². The number of rotatable bonds is 5. The van der Waals surface area contributed by atoms with E-state index in [2.05, 4.69) is 29.7 Å². The number of amides is 2. The fourth-order valence-electron chi connectivity index (χ4n) is 1.50. The maximum absolute atomic E-state index is 11.3. The van der Waals surface area contributed by atoms with Crippen LogP contribution in [0.5, 0.6) is 0 Å². The first kappa shape index (κ1) is 12.6. The molecule has 0 bridgehead atoms. The third kappa shape index (κ3) is 4.34. The van der Waals surface area contributed by atoms with Crippen LogP contribution in [0.1, 0.15) is 24.5 Å². The number of hydrogen-bond donors (Lipinski definition) is 2. The first-order chi connectivity index (χ1) is 7.74. The Kier molecular flexibility index (Phi) is 5.40. The zero-order chi connectivity index (χ0) is 11.8. The summed E-state index contributed by atoms with van der Waals surface area (Å²) < 4.78 is 0. The van der Waals surface area contributed by atoms with Gasteiger partial charge in [-0.25, -0.2) is 4.79 Å². The van der Waals surface area contributed by atoms with Gasteiger partial charge in [0.1, 0.15) is 0 Å². The molecule has 1 aromatic carbocycles. The number of nitrogens with one attached hydrogen (secondary N) is 2. The SMILES string of the molecule is CCCNC(=O)NCCc1ccccc1C. The van der Waals surface area contributed by atoms with Gasteiger partial charge in [-0.1, -0.05) is 31.2 Å². The second-order valence-corrected chi connectivity index (χ2v) is 3.86. The highest BCUT2D eigenvalue weighted by atomic mass is 16.2. The van der Waals surface area contributed by atoms with E-state index in [0.29, 0.717) is 6.54 Å². The zero-order valence-corrected chi connectivity index (χ0v) is 10.0. The normalized spacial score (nSPS) is 9.88. The van der Waals surface area contributed by atoms with Crippen molar-refractivity contribution in [2.45, 2.75) is 26.7 Å². The lowest BCUT2D eigenvalue weighted by molar-refractivity contribution is 0.241. The highest BCUT2D eigenvalue weighted by Gasteiger charge is 1.99. The minimum absolute atomic E-state index is 0.0737. The molecule has 0 unspecified atom stereocenters. The Morgan fingerprint density at radius 2 is 1.88 bits per heavy atom. The number of carbonyl (C=O) groups excluding carboxylic acids is 1. The molecular weight excluding hydrogens is 200 g/mol. The van der Waals surface area contributed by atoms with Crippen LogP contribution in [0.25, 0.3) is 0 Å². The fraction of sp³-hybridized carbons (Fsp3) is 0.462. The highest BCUT2D eigenvalue weighted by Crippen LogP contribution is 2.06. The molecule has 3 nitrogen and oxygen atoms in total. The third-order valence-corrected chi connectivity index (χ3v) is 2.48. The standard InChI is InChI=1S/C13H20N2O/c1-3-9-14-13(16)15-10-8-12-7-5-4-6-11(12)2/h4-7H,3,8-10H2,1-2H3,(H2,14,15,16). The number of benzene rings is 1. The van der Waals surface area contributed by atoms with Crippen molar-refractivity contribution >= 4 is 6.03 Å². The van der Waals surface area contributed by atoms with Gasteiger partial charge >= 0.3 is 6.03 Å². The van der Waals surface area contributed by atoms with Crippen LogP contribution in [0.3, 0.4) is 0 Å². The van der Waals surface area contributed by atoms with Gasteiger partial charge in [0, 0.05) is 13.1 Å². The van der Waals surface area contributed by atoms with E-state index in [9.17, 15) is 4.79 Å². The minimum Gasteiger partial charge on any atom is -0.338 e. The number of hydrogen-bond acceptors (Lipinski definition) is 1. The lowest BCUT2D eigenvalue weighted by atomic mass is 10.1. The predicted molar refractivity (Wildman–Crippen MR) is 66.6 cm³/mol. The summed E-state index contributed by atoms with van der Waals surface area (Å²) in [7, 11) is 0. The lowest BCUT2D eigenvalue weighted by Gasteiger charge is -2.08. The van der Waals surface area contributed by atoms with Gasteiger partial charge in [-0.3, -0.25) is 0 Å². The largest absolute Gasteiger partial charge is 0.338 e. The molecule has 0 fully saturated rings. The van der Waals surface area contributed by atoms with Crippen LogP contribution >= 0.6 is 0 Å². The van der Waals surface area contributed by atoms with Gasteiger partial charge in [-0.15, -0.1) is 0 Å². The van der Waals surface area contributed by atoms with Crippen molar-refractivity contribution in [3.63, 3.8) is 0 Å². The molecule has 88 valence electrons. The Labute approximate surface area is 97.2 Å². The van der Waals surface area contributed by atoms with Crippen LogP contribution in [0.15, 0.2) is 24.3 Å². The van der Waals surface area contributed by atoms with Crippen molar-refractivity contribution < 1.29 is 4.79 Å². The van der Waals surface area contributed by atoms with Gasteiger partial charge in [0.25, 0.3) is 0 Å². The van der Waals surface area contributed by atoms with Gasteiger partial charge in [0.2, 0.25) is 0 Å². The zero-order valence-electron chi connectivity index (χ0n) is 10.0. The number of urea groups is 1. The molecule has 1 aromatic rings. The minimum atomic E-state index is -0.0737. The summed E-state index contributed by atoms with van der Waals surface area (Å²) >= 11 is 0. The van der Waals surface area contributed by atoms with Crippen molar-refractivity contribution in [1.82, 2.24) is 10.6 Å². The van der Waals surface area contributed by atoms with E-state index >= 15 is 0 Å². The lowest BCUT2D eigenvalue weighted by Crippen LogP contribution is -2.36. The molecule has 0 atom stereocenters. The molecule has 0 heterocycles. The maximum atomic E-state index is 11.3. The first-order valence-corrected chi connectivity index (χ1v) is 5.80. The van der Waals surface area contributed by atoms with Crippen molar-refractivity contribution in [2.24, 2.45) is 0 Å². The Bertz CT molecular complexity index is 336. The second kappa shape index (κ2) is 6.88. The van der Waals surface area contributed by atoms with Crippen LogP contribution in [-0.2, 0) is 6.42 Å². The molecule has 0 spiro atoms. The summed E-state index contributed by atoms with van der Waals surface area (Å²) in [5.41, 5.74) is 2.57. The van der Waals surface area contributed by atoms with Crippen LogP contribution in [0.2, 0.25) is 0 Å². The molecular formula is C13H20N2O. The molecule has 0 aromatic heterocycles. The van der Waals surface area contributed by atoms with Crippen molar-refractivity contribution in [3.8, 4) is 0 Å². The summed E-state index contributed by atoms with van der Waals surface area (Å²) in [6.07, 6.45) is 1.84. The first-order valence-electron chi connectivity index (χ1n) is 5.80. The summed E-state index contributed by atoms with van der Waals surface area (Å²) in [4.78, 5) is 11.3. The Balaban J connectivity index is 2.25. The molecule has 0 aliphatic carbocycles. The number of aryl methyl sites for hydroxylation is 1. The van der Waals surface area contributed by atoms with Gasteiger partial charge in [0.05, 0.1) is 0 Å². The van der Waals surface area contributed by atoms with E-state index in [0.717, 1.165) is 19.4 Å². The van der Waals surface area contributed by atoms with E-state index < -0.39 is 0 Å². The van der Waals surface area contributed by atoms with Crippen LogP contribution in [0.4, 0.5) is 4.79 Å². The average molecular weight is 220 g/mol. The Morgan fingerprint density at radius 1 is 1.19 bits per heavy atom. The van der Waals surface area contributed by atoms with Crippen LogP contribution in [0, 0.1) is 6.92 Å². The van der Waals surface area contributed by atoms with Crippen molar-refractivity contribution in [1.29, 1.82) is 0 Å². The Hall–Kier alpha value is -1.51. The van der Waals surface area contributed by atoms with E-state index in [1.165, 1.54) is 11.1 Å². The van der Waals surface area contributed by atoms with Gasteiger partial charge < -0.3 is 10.6 Å². The van der Waals surface area contributed by atoms with Gasteiger partial charge in [-0.2, -0.15) is 0 Å². The topological polar surface area (TPSA) is 41.1 Å². The van der Waals surface area contributed by atoms with E-state index in [1.54, 1.807) is 0 Å². The van der Waals surface area contributed by atoms with Crippen LogP contribution < -0.4 is 10.6 Å². The van der Waals surface area contributed by atoms with Crippen molar-refractivity contribution in [3.05, 3.63) is 35.4 Å². The Morgan fingerprint density at radius 3 is 2.56 bits per heavy atom. The van der Waals surface area contributed by atoms with Crippen molar-refractivity contribution in [2.75, 3.05) is 13.1 Å². The van der Waals surface area contributed by atoms with Crippen LogP contribution in [-0.4, -0.2) is 19.1 Å². The molecule has 3 heteroatoms. The molecule has 0 aliphatic heterocycles. The fourth-order valence-corrected chi connectivity index (χ4v) is 1.50. The third-order valence-electron chi connectivity index (χ3n) is 2.48. The average Bonchev–Trinajstić information content (AvgIpc) is 2.29. The smallest absolute Gasteiger partial charge is 0.314 e. The van der Waals surface area contributed by atoms with E-state index in [1.807, 2.05) is 19.1 Å². The predicted octanol–water partition coefficient (Wildman–Crippen LogP) is 2.25. The quantitative estimate of drug-likeness (QED) is 0.785. The van der Waals surface area contributed by atoms with E-state index in [4.69, 9.17) is 0 Å². The molecule has 0 aliphatic rings.